The van der Waals surface area contributed by atoms with Gasteiger partial charge in [-0.2, -0.15) is 5.10 Å². The van der Waals surface area contributed by atoms with E-state index in [0.717, 1.165) is 42.8 Å². The van der Waals surface area contributed by atoms with Crippen molar-refractivity contribution >= 4 is 41.0 Å². The van der Waals surface area contributed by atoms with E-state index >= 15 is 0 Å². The van der Waals surface area contributed by atoms with Gasteiger partial charge in [0.05, 0.1) is 19.2 Å². The molecule has 1 saturated carbocycles. The standard InChI is InChI=1S/C26H29Cl2N3O2/c1-26(2)20(14-23(27)28)24(26)25(32)30-29-15-17-10-11-22(33-3)19(13-17)16-31-12-6-8-18-7-4-5-9-21(18)31/h4-5,7,9-11,13-15,20,24H,6,8,12,16H2,1-3H3,(H,30,32)/b29-15+. The number of benzene rings is 2. The number of anilines is 1. The number of amides is 1. The van der Waals surface area contributed by atoms with E-state index in [-0.39, 0.29) is 27.6 Å². The molecule has 5 nitrogen and oxygen atoms in total. The lowest BCUT2D eigenvalue weighted by Crippen LogP contribution is -2.29. The summed E-state index contributed by atoms with van der Waals surface area (Å²) in [6, 6.07) is 14.5. The molecule has 1 aliphatic carbocycles. The molecule has 0 saturated heterocycles. The van der Waals surface area contributed by atoms with Crippen LogP contribution in [0, 0.1) is 17.3 Å². The van der Waals surface area contributed by atoms with Crippen LogP contribution in [0.15, 0.2) is 58.1 Å². The van der Waals surface area contributed by atoms with Crippen LogP contribution in [0.25, 0.3) is 0 Å². The number of fused-ring (bicyclic) bond motifs is 1. The minimum absolute atomic E-state index is 0.0118. The number of hydrogen-bond acceptors (Lipinski definition) is 4. The van der Waals surface area contributed by atoms with Crippen LogP contribution in [-0.4, -0.2) is 25.8 Å². The Kier molecular flexibility index (Phi) is 7.01. The van der Waals surface area contributed by atoms with Crippen molar-refractivity contribution in [2.45, 2.75) is 33.2 Å². The van der Waals surface area contributed by atoms with Gasteiger partial charge in [-0.1, -0.05) is 55.2 Å². The number of ether oxygens (including phenoxy) is 1. The highest BCUT2D eigenvalue weighted by molar-refractivity contribution is 6.55. The lowest BCUT2D eigenvalue weighted by Gasteiger charge is -2.31. The van der Waals surface area contributed by atoms with Gasteiger partial charge in [-0.05, 0) is 65.6 Å². The fraction of sp³-hybridized carbons (Fsp3) is 0.385. The SMILES string of the molecule is COc1ccc(/C=N/NC(=O)C2C(C=C(Cl)Cl)C2(C)C)cc1CN1CCCc2ccccc21. The monoisotopic (exact) mass is 485 g/mol. The van der Waals surface area contributed by atoms with Crippen molar-refractivity contribution in [3.63, 3.8) is 0 Å². The number of aryl methyl sites for hydroxylation is 1. The van der Waals surface area contributed by atoms with E-state index < -0.39 is 0 Å². The zero-order valence-electron chi connectivity index (χ0n) is 19.1. The third kappa shape index (κ3) is 5.20. The van der Waals surface area contributed by atoms with Crippen molar-refractivity contribution < 1.29 is 9.53 Å². The molecule has 1 aliphatic heterocycles. The Labute approximate surface area is 205 Å². The van der Waals surface area contributed by atoms with E-state index in [0.29, 0.717) is 0 Å². The van der Waals surface area contributed by atoms with Gasteiger partial charge >= 0.3 is 0 Å². The van der Waals surface area contributed by atoms with E-state index in [2.05, 4.69) is 45.8 Å². The second-order valence-corrected chi connectivity index (χ2v) is 10.2. The first-order valence-corrected chi connectivity index (χ1v) is 11.9. The zero-order chi connectivity index (χ0) is 23.6. The Balaban J connectivity index is 1.45. The number of carbonyl (C=O) groups is 1. The smallest absolute Gasteiger partial charge is 0.244 e. The van der Waals surface area contributed by atoms with Crippen molar-refractivity contribution in [3.8, 4) is 5.75 Å². The topological polar surface area (TPSA) is 53.9 Å². The molecule has 33 heavy (non-hydrogen) atoms. The first-order valence-electron chi connectivity index (χ1n) is 11.2. The van der Waals surface area contributed by atoms with E-state index in [4.69, 9.17) is 27.9 Å². The van der Waals surface area contributed by atoms with Gasteiger partial charge in [-0.3, -0.25) is 4.79 Å². The largest absolute Gasteiger partial charge is 0.496 e. The van der Waals surface area contributed by atoms with Crippen LogP contribution in [0.3, 0.4) is 0 Å². The van der Waals surface area contributed by atoms with E-state index in [1.54, 1.807) is 19.4 Å². The van der Waals surface area contributed by atoms with Crippen LogP contribution in [0.1, 0.15) is 37.0 Å². The van der Waals surface area contributed by atoms with Crippen LogP contribution in [0.4, 0.5) is 5.69 Å². The quantitative estimate of drug-likeness (QED) is 0.404. The van der Waals surface area contributed by atoms with Crippen LogP contribution in [0.2, 0.25) is 0 Å². The molecule has 0 radical (unpaired) electrons. The van der Waals surface area contributed by atoms with Gasteiger partial charge in [-0.25, -0.2) is 5.43 Å². The molecule has 2 aromatic carbocycles. The number of allylic oxidation sites excluding steroid dienone is 1. The highest BCUT2D eigenvalue weighted by Crippen LogP contribution is 2.59. The fourth-order valence-electron chi connectivity index (χ4n) is 4.85. The van der Waals surface area contributed by atoms with E-state index in [1.807, 2.05) is 26.0 Å². The predicted molar refractivity (Wildman–Crippen MR) is 135 cm³/mol. The number of hydrogen-bond donors (Lipinski definition) is 1. The average molecular weight is 486 g/mol. The van der Waals surface area contributed by atoms with Gasteiger partial charge in [0.15, 0.2) is 0 Å². The number of halogens is 2. The first kappa shape index (κ1) is 23.7. The van der Waals surface area contributed by atoms with Gasteiger partial charge in [0, 0.05) is 24.3 Å². The van der Waals surface area contributed by atoms with Crippen molar-refractivity contribution in [2.75, 3.05) is 18.6 Å². The highest BCUT2D eigenvalue weighted by Gasteiger charge is 2.60. The summed E-state index contributed by atoms with van der Waals surface area (Å²) in [5.74, 6) is 0.516. The minimum Gasteiger partial charge on any atom is -0.496 e. The molecule has 0 aromatic heterocycles. The Morgan fingerprint density at radius 1 is 1.27 bits per heavy atom. The van der Waals surface area contributed by atoms with Crippen LogP contribution < -0.4 is 15.1 Å². The molecule has 1 N–H and O–H groups in total. The maximum atomic E-state index is 12.6. The molecule has 2 atom stereocenters. The molecule has 2 aromatic rings. The molecule has 1 fully saturated rings. The number of hydrazone groups is 1. The Bertz CT molecular complexity index is 1090. The van der Waals surface area contributed by atoms with Gasteiger partial charge in [-0.15, -0.1) is 0 Å². The number of rotatable bonds is 7. The third-order valence-electron chi connectivity index (χ3n) is 6.76. The summed E-state index contributed by atoms with van der Waals surface area (Å²) >= 11 is 11.6. The third-order valence-corrected chi connectivity index (χ3v) is 7.01. The molecule has 0 bridgehead atoms. The second kappa shape index (κ2) is 9.78. The van der Waals surface area contributed by atoms with Crippen molar-refractivity contribution in [1.82, 2.24) is 5.43 Å². The maximum absolute atomic E-state index is 12.6. The molecule has 174 valence electrons. The summed E-state index contributed by atoms with van der Waals surface area (Å²) in [7, 11) is 1.69. The molecule has 1 heterocycles. The summed E-state index contributed by atoms with van der Waals surface area (Å²) in [6.45, 7) is 5.80. The lowest BCUT2D eigenvalue weighted by molar-refractivity contribution is -0.123. The Morgan fingerprint density at radius 3 is 2.82 bits per heavy atom. The van der Waals surface area contributed by atoms with E-state index in [1.165, 1.54) is 11.3 Å². The number of nitrogens with one attached hydrogen (secondary N) is 1. The fourth-order valence-corrected chi connectivity index (χ4v) is 5.12. The average Bonchev–Trinajstić information content (AvgIpc) is 3.33. The molecular formula is C26H29Cl2N3O2. The Hall–Kier alpha value is -2.50. The highest BCUT2D eigenvalue weighted by atomic mass is 35.5. The van der Waals surface area contributed by atoms with Gasteiger partial charge in [0.25, 0.3) is 0 Å². The minimum atomic E-state index is -0.201. The predicted octanol–water partition coefficient (Wildman–Crippen LogP) is 5.69. The van der Waals surface area contributed by atoms with Gasteiger partial charge in [0.2, 0.25) is 5.91 Å². The molecule has 0 spiro atoms. The maximum Gasteiger partial charge on any atom is 0.244 e. The summed E-state index contributed by atoms with van der Waals surface area (Å²) in [5, 5.41) is 4.20. The zero-order valence-corrected chi connectivity index (χ0v) is 20.7. The summed E-state index contributed by atoms with van der Waals surface area (Å²) in [5.41, 5.74) is 7.12. The van der Waals surface area contributed by atoms with Crippen LogP contribution in [-0.2, 0) is 17.8 Å². The molecule has 1 amide bonds. The van der Waals surface area contributed by atoms with Gasteiger partial charge < -0.3 is 9.64 Å². The Morgan fingerprint density at radius 2 is 2.06 bits per heavy atom. The number of carbonyl (C=O) groups excluding carboxylic acids is 1. The number of para-hydroxylation sites is 1. The van der Waals surface area contributed by atoms with Crippen molar-refractivity contribution in [3.05, 3.63) is 69.7 Å². The summed E-state index contributed by atoms with van der Waals surface area (Å²) in [6.07, 6.45) is 5.64. The molecular weight excluding hydrogens is 457 g/mol. The molecule has 4 rings (SSSR count). The molecule has 2 unspecified atom stereocenters. The molecule has 2 aliphatic rings. The lowest BCUT2D eigenvalue weighted by atomic mass is 10.0. The molecule has 7 heteroatoms. The summed E-state index contributed by atoms with van der Waals surface area (Å²) in [4.78, 5) is 15.0. The summed E-state index contributed by atoms with van der Waals surface area (Å²) < 4.78 is 5.80. The van der Waals surface area contributed by atoms with Crippen molar-refractivity contribution in [2.24, 2.45) is 22.4 Å². The van der Waals surface area contributed by atoms with Crippen LogP contribution in [0.5, 0.6) is 5.75 Å². The van der Waals surface area contributed by atoms with E-state index in [9.17, 15) is 4.79 Å². The first-order chi connectivity index (χ1) is 15.8. The number of nitrogens with zero attached hydrogens (tertiary/aromatic N) is 2. The van der Waals surface area contributed by atoms with Crippen LogP contribution >= 0.6 is 23.2 Å². The van der Waals surface area contributed by atoms with Crippen molar-refractivity contribution in [1.29, 1.82) is 0 Å². The normalized spacial score (nSPS) is 20.8. The van der Waals surface area contributed by atoms with Gasteiger partial charge in [0.1, 0.15) is 10.2 Å². The second-order valence-electron chi connectivity index (χ2n) is 9.24. The number of methoxy groups -OCH3 is 1.